The molecule has 8 heteroatoms. The van der Waals surface area contributed by atoms with Crippen LogP contribution in [0, 0.1) is 6.92 Å². The van der Waals surface area contributed by atoms with Crippen molar-refractivity contribution in [3.05, 3.63) is 53.4 Å². The molecule has 0 bridgehead atoms. The van der Waals surface area contributed by atoms with Crippen molar-refractivity contribution in [1.82, 2.24) is 19.9 Å². The Morgan fingerprint density at radius 1 is 0.875 bits per heavy atom. The number of methoxy groups -OCH3 is 3. The molecule has 8 nitrogen and oxygen atoms in total. The van der Waals surface area contributed by atoms with Crippen molar-refractivity contribution in [2.75, 3.05) is 47.5 Å². The maximum absolute atomic E-state index is 5.55. The molecule has 1 aliphatic rings. The SMILES string of the molecule is COc1ccc(-c2noc(CN3CCN(Cc4cccc(C)c4)CC3)n2)c(OC)c1OC. The quantitative estimate of drug-likeness (QED) is 0.530. The van der Waals surface area contributed by atoms with Crippen LogP contribution >= 0.6 is 0 Å². The highest BCUT2D eigenvalue weighted by molar-refractivity contribution is 5.72. The Bertz CT molecular complexity index is 1040. The maximum atomic E-state index is 5.55. The van der Waals surface area contributed by atoms with Gasteiger partial charge in [0, 0.05) is 32.7 Å². The Kier molecular flexibility index (Phi) is 6.92. The summed E-state index contributed by atoms with van der Waals surface area (Å²) in [7, 11) is 4.74. The third-order valence-corrected chi connectivity index (χ3v) is 5.73. The Balaban J connectivity index is 1.38. The van der Waals surface area contributed by atoms with Crippen molar-refractivity contribution in [2.45, 2.75) is 20.0 Å². The van der Waals surface area contributed by atoms with Crippen molar-refractivity contribution < 1.29 is 18.7 Å². The molecule has 0 aliphatic carbocycles. The smallest absolute Gasteiger partial charge is 0.241 e. The molecule has 4 rings (SSSR count). The second kappa shape index (κ2) is 10.0. The van der Waals surface area contributed by atoms with Crippen molar-refractivity contribution >= 4 is 0 Å². The summed E-state index contributed by atoms with van der Waals surface area (Å²) in [6.07, 6.45) is 0. The fraction of sp³-hybridized carbons (Fsp3) is 0.417. The highest BCUT2D eigenvalue weighted by Gasteiger charge is 2.23. The van der Waals surface area contributed by atoms with Crippen LogP contribution in [-0.4, -0.2) is 67.4 Å². The van der Waals surface area contributed by atoms with Crippen molar-refractivity contribution in [1.29, 1.82) is 0 Å². The summed E-state index contributed by atoms with van der Waals surface area (Å²) < 4.78 is 21.9. The maximum Gasteiger partial charge on any atom is 0.241 e. The number of piperazine rings is 1. The van der Waals surface area contributed by atoms with Gasteiger partial charge in [0.05, 0.1) is 33.4 Å². The Hall–Kier alpha value is -3.10. The topological polar surface area (TPSA) is 73.1 Å². The van der Waals surface area contributed by atoms with Crippen LogP contribution in [0.5, 0.6) is 17.2 Å². The molecule has 0 radical (unpaired) electrons. The molecule has 0 atom stereocenters. The third kappa shape index (κ3) is 4.87. The van der Waals surface area contributed by atoms with E-state index in [-0.39, 0.29) is 0 Å². The first-order valence-electron chi connectivity index (χ1n) is 10.7. The van der Waals surface area contributed by atoms with Crippen molar-refractivity contribution in [2.24, 2.45) is 0 Å². The van der Waals surface area contributed by atoms with Gasteiger partial charge in [-0.2, -0.15) is 4.98 Å². The van der Waals surface area contributed by atoms with Crippen LogP contribution in [0.1, 0.15) is 17.0 Å². The summed E-state index contributed by atoms with van der Waals surface area (Å²) >= 11 is 0. The predicted molar refractivity (Wildman–Crippen MR) is 121 cm³/mol. The number of aromatic nitrogens is 2. The fourth-order valence-corrected chi connectivity index (χ4v) is 4.07. The van der Waals surface area contributed by atoms with Gasteiger partial charge in [0.25, 0.3) is 0 Å². The lowest BCUT2D eigenvalue weighted by Gasteiger charge is -2.33. The summed E-state index contributed by atoms with van der Waals surface area (Å²) in [5.74, 6) is 2.66. The predicted octanol–water partition coefficient (Wildman–Crippen LogP) is 3.39. The van der Waals surface area contributed by atoms with E-state index in [4.69, 9.17) is 18.7 Å². The zero-order valence-corrected chi connectivity index (χ0v) is 19.1. The number of benzene rings is 2. The van der Waals surface area contributed by atoms with E-state index in [0.29, 0.717) is 41.1 Å². The molecule has 0 unspecified atom stereocenters. The number of aryl methyl sites for hydroxylation is 1. The molecular formula is C24H30N4O4. The van der Waals surface area contributed by atoms with E-state index >= 15 is 0 Å². The number of hydrogen-bond acceptors (Lipinski definition) is 8. The second-order valence-corrected chi connectivity index (χ2v) is 7.93. The van der Waals surface area contributed by atoms with Crippen LogP contribution in [0.3, 0.4) is 0 Å². The normalized spacial score (nSPS) is 15.0. The van der Waals surface area contributed by atoms with E-state index in [9.17, 15) is 0 Å². The summed E-state index contributed by atoms with van der Waals surface area (Å²) in [6, 6.07) is 12.4. The Morgan fingerprint density at radius 2 is 1.59 bits per heavy atom. The first-order valence-corrected chi connectivity index (χ1v) is 10.7. The largest absolute Gasteiger partial charge is 0.493 e. The van der Waals surface area contributed by atoms with Gasteiger partial charge in [-0.3, -0.25) is 9.80 Å². The lowest BCUT2D eigenvalue weighted by atomic mass is 10.1. The molecule has 170 valence electrons. The second-order valence-electron chi connectivity index (χ2n) is 7.93. The molecule has 3 aromatic rings. The zero-order chi connectivity index (χ0) is 22.5. The van der Waals surface area contributed by atoms with E-state index in [2.05, 4.69) is 51.1 Å². The lowest BCUT2D eigenvalue weighted by Crippen LogP contribution is -2.45. The average molecular weight is 439 g/mol. The van der Waals surface area contributed by atoms with E-state index < -0.39 is 0 Å². The third-order valence-electron chi connectivity index (χ3n) is 5.73. The van der Waals surface area contributed by atoms with Gasteiger partial charge in [-0.05, 0) is 24.6 Å². The van der Waals surface area contributed by atoms with Crippen LogP contribution in [0.2, 0.25) is 0 Å². The molecule has 2 aromatic carbocycles. The van der Waals surface area contributed by atoms with Gasteiger partial charge in [0.15, 0.2) is 11.5 Å². The van der Waals surface area contributed by atoms with E-state index in [1.165, 1.54) is 11.1 Å². The van der Waals surface area contributed by atoms with E-state index in [1.54, 1.807) is 27.4 Å². The summed E-state index contributed by atoms with van der Waals surface area (Å²) in [6.45, 7) is 7.70. The molecule has 0 amide bonds. The highest BCUT2D eigenvalue weighted by Crippen LogP contribution is 2.43. The molecular weight excluding hydrogens is 408 g/mol. The monoisotopic (exact) mass is 438 g/mol. The molecule has 2 heterocycles. The van der Waals surface area contributed by atoms with Crippen LogP contribution in [0.4, 0.5) is 0 Å². The number of ether oxygens (including phenoxy) is 3. The molecule has 32 heavy (non-hydrogen) atoms. The van der Waals surface area contributed by atoms with Crippen LogP contribution < -0.4 is 14.2 Å². The Labute approximate surface area is 188 Å². The zero-order valence-electron chi connectivity index (χ0n) is 19.1. The van der Waals surface area contributed by atoms with Crippen molar-refractivity contribution in [3.8, 4) is 28.6 Å². The van der Waals surface area contributed by atoms with Crippen molar-refractivity contribution in [3.63, 3.8) is 0 Å². The van der Waals surface area contributed by atoms with Gasteiger partial charge in [-0.1, -0.05) is 35.0 Å². The molecule has 0 spiro atoms. The molecule has 0 N–H and O–H groups in total. The van der Waals surface area contributed by atoms with Gasteiger partial charge in [-0.15, -0.1) is 0 Å². The van der Waals surface area contributed by atoms with Gasteiger partial charge in [0.1, 0.15) is 0 Å². The Morgan fingerprint density at radius 3 is 2.25 bits per heavy atom. The number of rotatable bonds is 8. The first kappa shape index (κ1) is 22.1. The average Bonchev–Trinajstić information content (AvgIpc) is 3.27. The minimum atomic E-state index is 0.468. The van der Waals surface area contributed by atoms with E-state index in [0.717, 1.165) is 32.7 Å². The molecule has 1 fully saturated rings. The van der Waals surface area contributed by atoms with Gasteiger partial charge >= 0.3 is 0 Å². The minimum Gasteiger partial charge on any atom is -0.493 e. The highest BCUT2D eigenvalue weighted by atomic mass is 16.5. The first-order chi connectivity index (χ1) is 15.6. The van der Waals surface area contributed by atoms with Crippen LogP contribution in [0.25, 0.3) is 11.4 Å². The van der Waals surface area contributed by atoms with Crippen LogP contribution in [0.15, 0.2) is 40.9 Å². The van der Waals surface area contributed by atoms with Gasteiger partial charge < -0.3 is 18.7 Å². The summed E-state index contributed by atoms with van der Waals surface area (Å²) in [5.41, 5.74) is 3.37. The minimum absolute atomic E-state index is 0.468. The van der Waals surface area contributed by atoms with Crippen LogP contribution in [-0.2, 0) is 13.1 Å². The molecule has 1 saturated heterocycles. The van der Waals surface area contributed by atoms with Gasteiger partial charge in [0.2, 0.25) is 17.5 Å². The van der Waals surface area contributed by atoms with E-state index in [1.807, 2.05) is 6.07 Å². The molecule has 1 aromatic heterocycles. The lowest BCUT2D eigenvalue weighted by molar-refractivity contribution is 0.112. The fourth-order valence-electron chi connectivity index (χ4n) is 4.07. The standard InChI is InChI=1S/C24H30N4O4/c1-17-6-5-7-18(14-17)15-27-10-12-28(13-11-27)16-21-25-24(26-32-21)19-8-9-20(29-2)23(31-4)22(19)30-3/h5-9,14H,10-13,15-16H2,1-4H3. The van der Waals surface area contributed by atoms with Gasteiger partial charge in [-0.25, -0.2) is 0 Å². The molecule has 0 saturated carbocycles. The summed E-state index contributed by atoms with van der Waals surface area (Å²) in [4.78, 5) is 9.43. The number of hydrogen-bond donors (Lipinski definition) is 0. The number of nitrogens with zero attached hydrogens (tertiary/aromatic N) is 4. The molecule has 1 aliphatic heterocycles. The summed E-state index contributed by atoms with van der Waals surface area (Å²) in [5, 5.41) is 4.17.